The molecule has 24 heavy (non-hydrogen) atoms. The van der Waals surface area contributed by atoms with Gasteiger partial charge in [-0.15, -0.1) is 0 Å². The molecule has 1 amide bonds. The van der Waals surface area contributed by atoms with Crippen LogP contribution < -0.4 is 16.0 Å². The van der Waals surface area contributed by atoms with Gasteiger partial charge in [0.25, 0.3) is 0 Å². The van der Waals surface area contributed by atoms with Crippen LogP contribution >= 0.6 is 0 Å². The molecule has 0 heterocycles. The van der Waals surface area contributed by atoms with Gasteiger partial charge in [0, 0.05) is 38.3 Å². The average Bonchev–Trinajstić information content (AvgIpc) is 2.48. The van der Waals surface area contributed by atoms with Crippen LogP contribution in [0.15, 0.2) is 4.99 Å². The number of nitrogens with zero attached hydrogens (tertiary/aromatic N) is 2. The van der Waals surface area contributed by atoms with Crippen LogP contribution in [0.1, 0.15) is 55.4 Å². The van der Waals surface area contributed by atoms with Gasteiger partial charge in [-0.2, -0.15) is 0 Å². The van der Waals surface area contributed by atoms with Gasteiger partial charge < -0.3 is 16.0 Å². The van der Waals surface area contributed by atoms with Crippen LogP contribution in [-0.4, -0.2) is 61.6 Å². The molecule has 0 aromatic carbocycles. The molecule has 0 unspecified atom stereocenters. The fourth-order valence-corrected chi connectivity index (χ4v) is 2.51. The van der Waals surface area contributed by atoms with Crippen molar-refractivity contribution in [1.82, 2.24) is 20.9 Å². The van der Waals surface area contributed by atoms with E-state index in [1.54, 1.807) is 0 Å². The summed E-state index contributed by atoms with van der Waals surface area (Å²) in [6.07, 6.45) is 0. The lowest BCUT2D eigenvalue weighted by Crippen LogP contribution is -2.46. The van der Waals surface area contributed by atoms with Gasteiger partial charge in [0.2, 0.25) is 5.91 Å². The van der Waals surface area contributed by atoms with Crippen molar-refractivity contribution in [3.05, 3.63) is 0 Å². The molecule has 0 saturated carbocycles. The maximum absolute atomic E-state index is 12.1. The topological polar surface area (TPSA) is 68.8 Å². The van der Waals surface area contributed by atoms with Crippen molar-refractivity contribution < 1.29 is 4.79 Å². The normalized spacial score (nSPS) is 12.9. The van der Waals surface area contributed by atoms with E-state index in [-0.39, 0.29) is 5.91 Å². The lowest BCUT2D eigenvalue weighted by molar-refractivity contribution is -0.128. The SMILES string of the molecule is CCNC(=O)C(C)(C)CN=C(NCC)NCCN(C(C)C)C(C)C. The Bertz CT molecular complexity index is 383. The first-order chi connectivity index (χ1) is 11.2. The van der Waals surface area contributed by atoms with Crippen molar-refractivity contribution >= 4 is 11.9 Å². The van der Waals surface area contributed by atoms with Gasteiger partial charge in [0.05, 0.1) is 12.0 Å². The third-order valence-electron chi connectivity index (χ3n) is 3.92. The Balaban J connectivity index is 4.65. The summed E-state index contributed by atoms with van der Waals surface area (Å²) in [7, 11) is 0. The van der Waals surface area contributed by atoms with Gasteiger partial charge in [-0.3, -0.25) is 14.7 Å². The van der Waals surface area contributed by atoms with Crippen molar-refractivity contribution in [2.75, 3.05) is 32.7 Å². The first kappa shape index (κ1) is 22.7. The second kappa shape index (κ2) is 11.3. The summed E-state index contributed by atoms with van der Waals surface area (Å²) < 4.78 is 0. The molecule has 0 saturated heterocycles. The minimum absolute atomic E-state index is 0.0374. The zero-order chi connectivity index (χ0) is 18.8. The molecule has 0 atom stereocenters. The highest BCUT2D eigenvalue weighted by molar-refractivity contribution is 5.83. The number of carbonyl (C=O) groups is 1. The second-order valence-corrected chi connectivity index (χ2v) is 7.29. The first-order valence-electron chi connectivity index (χ1n) is 9.21. The Morgan fingerprint density at radius 3 is 2.00 bits per heavy atom. The van der Waals surface area contributed by atoms with E-state index in [2.05, 4.69) is 53.5 Å². The molecular formula is C18H39N5O. The molecule has 0 aromatic rings. The van der Waals surface area contributed by atoms with Gasteiger partial charge in [-0.1, -0.05) is 0 Å². The van der Waals surface area contributed by atoms with Crippen LogP contribution in [0.4, 0.5) is 0 Å². The van der Waals surface area contributed by atoms with Crippen LogP contribution in [0.2, 0.25) is 0 Å². The Kier molecular flexibility index (Phi) is 10.7. The van der Waals surface area contributed by atoms with Gasteiger partial charge in [-0.05, 0) is 55.4 Å². The summed E-state index contributed by atoms with van der Waals surface area (Å²) >= 11 is 0. The Labute approximate surface area is 148 Å². The largest absolute Gasteiger partial charge is 0.357 e. The molecule has 0 bridgehead atoms. The third kappa shape index (κ3) is 8.52. The molecule has 6 heteroatoms. The highest BCUT2D eigenvalue weighted by Crippen LogP contribution is 2.15. The van der Waals surface area contributed by atoms with Crippen molar-refractivity contribution in [2.45, 2.75) is 67.5 Å². The molecule has 6 nitrogen and oxygen atoms in total. The Morgan fingerprint density at radius 2 is 1.54 bits per heavy atom. The van der Waals surface area contributed by atoms with E-state index >= 15 is 0 Å². The lowest BCUT2D eigenvalue weighted by atomic mass is 9.92. The minimum atomic E-state index is -0.514. The average molecular weight is 342 g/mol. The number of hydrogen-bond acceptors (Lipinski definition) is 3. The fourth-order valence-electron chi connectivity index (χ4n) is 2.51. The third-order valence-corrected chi connectivity index (χ3v) is 3.92. The monoisotopic (exact) mass is 341 g/mol. The highest BCUT2D eigenvalue weighted by Gasteiger charge is 2.26. The Morgan fingerprint density at radius 1 is 1.00 bits per heavy atom. The molecule has 142 valence electrons. The number of carbonyl (C=O) groups excluding carboxylic acids is 1. The molecule has 0 aliphatic rings. The number of rotatable bonds is 10. The van der Waals surface area contributed by atoms with Crippen molar-refractivity contribution in [1.29, 1.82) is 0 Å². The summed E-state index contributed by atoms with van der Waals surface area (Å²) in [5.41, 5.74) is -0.514. The van der Waals surface area contributed by atoms with E-state index < -0.39 is 5.41 Å². The van der Waals surface area contributed by atoms with Crippen LogP contribution in [0.25, 0.3) is 0 Å². The number of guanidine groups is 1. The fraction of sp³-hybridized carbons (Fsp3) is 0.889. The molecule has 3 N–H and O–H groups in total. The summed E-state index contributed by atoms with van der Waals surface area (Å²) in [6.45, 7) is 20.4. The van der Waals surface area contributed by atoms with Crippen molar-refractivity contribution in [3.8, 4) is 0 Å². The van der Waals surface area contributed by atoms with Gasteiger partial charge in [-0.25, -0.2) is 0 Å². The predicted octanol–water partition coefficient (Wildman–Crippen LogP) is 1.82. The van der Waals surface area contributed by atoms with Crippen LogP contribution in [0, 0.1) is 5.41 Å². The van der Waals surface area contributed by atoms with Crippen molar-refractivity contribution in [3.63, 3.8) is 0 Å². The molecule has 0 rings (SSSR count). The summed E-state index contributed by atoms with van der Waals surface area (Å²) in [4.78, 5) is 19.1. The molecule has 0 aliphatic heterocycles. The first-order valence-corrected chi connectivity index (χ1v) is 9.21. The van der Waals surface area contributed by atoms with E-state index in [1.807, 2.05) is 27.7 Å². The molecule has 0 aliphatic carbocycles. The second-order valence-electron chi connectivity index (χ2n) is 7.29. The van der Waals surface area contributed by atoms with E-state index in [0.29, 0.717) is 25.2 Å². The standard InChI is InChI=1S/C18H39N5O/c1-9-19-16(24)18(7,8)13-22-17(20-10-2)21-11-12-23(14(3)4)15(5)6/h14-15H,9-13H2,1-8H3,(H,19,24)(H2,20,21,22). The Hall–Kier alpha value is -1.30. The molecule has 0 aromatic heterocycles. The van der Waals surface area contributed by atoms with Crippen molar-refractivity contribution in [2.24, 2.45) is 10.4 Å². The zero-order valence-electron chi connectivity index (χ0n) is 17.0. The molecule has 0 spiro atoms. The summed E-state index contributed by atoms with van der Waals surface area (Å²) in [5.74, 6) is 0.803. The highest BCUT2D eigenvalue weighted by atomic mass is 16.2. The van der Waals surface area contributed by atoms with Crippen LogP contribution in [-0.2, 0) is 4.79 Å². The van der Waals surface area contributed by atoms with E-state index in [1.165, 1.54) is 0 Å². The maximum Gasteiger partial charge on any atom is 0.227 e. The number of aliphatic imine (C=N–C) groups is 1. The number of nitrogens with one attached hydrogen (secondary N) is 3. The quantitative estimate of drug-likeness (QED) is 0.419. The maximum atomic E-state index is 12.1. The zero-order valence-corrected chi connectivity index (χ0v) is 17.0. The number of hydrogen-bond donors (Lipinski definition) is 3. The minimum Gasteiger partial charge on any atom is -0.357 e. The lowest BCUT2D eigenvalue weighted by Gasteiger charge is -2.30. The number of amides is 1. The summed E-state index contributed by atoms with van der Waals surface area (Å²) in [5, 5.41) is 9.49. The van der Waals surface area contributed by atoms with E-state index in [4.69, 9.17) is 0 Å². The van der Waals surface area contributed by atoms with Gasteiger partial charge in [0.15, 0.2) is 5.96 Å². The van der Waals surface area contributed by atoms with Gasteiger partial charge in [0.1, 0.15) is 0 Å². The molecular weight excluding hydrogens is 302 g/mol. The smallest absolute Gasteiger partial charge is 0.227 e. The van der Waals surface area contributed by atoms with E-state index in [9.17, 15) is 4.79 Å². The van der Waals surface area contributed by atoms with Crippen LogP contribution in [0.5, 0.6) is 0 Å². The van der Waals surface area contributed by atoms with Gasteiger partial charge >= 0.3 is 0 Å². The predicted molar refractivity (Wildman–Crippen MR) is 103 cm³/mol. The van der Waals surface area contributed by atoms with Crippen LogP contribution in [0.3, 0.4) is 0 Å². The molecule has 0 fully saturated rings. The van der Waals surface area contributed by atoms with E-state index in [0.717, 1.165) is 25.6 Å². The summed E-state index contributed by atoms with van der Waals surface area (Å²) in [6, 6.07) is 1.03. The molecule has 0 radical (unpaired) electrons.